The summed E-state index contributed by atoms with van der Waals surface area (Å²) < 4.78 is 7.72. The molecule has 6 nitrogen and oxygen atoms in total. The summed E-state index contributed by atoms with van der Waals surface area (Å²) in [6.07, 6.45) is 2.78. The van der Waals surface area contributed by atoms with Gasteiger partial charge < -0.3 is 9.64 Å². The van der Waals surface area contributed by atoms with Crippen molar-refractivity contribution in [1.29, 1.82) is 0 Å². The summed E-state index contributed by atoms with van der Waals surface area (Å²) in [5.41, 5.74) is 4.86. The molecule has 3 aromatic rings. The van der Waals surface area contributed by atoms with Gasteiger partial charge in [0, 0.05) is 30.7 Å². The molecule has 1 atom stereocenters. The molecule has 0 N–H and O–H groups in total. The van der Waals surface area contributed by atoms with Gasteiger partial charge in [-0.2, -0.15) is 0 Å². The lowest BCUT2D eigenvalue weighted by Gasteiger charge is -2.25. The fourth-order valence-electron chi connectivity index (χ4n) is 4.69. The van der Waals surface area contributed by atoms with E-state index >= 15 is 0 Å². The predicted molar refractivity (Wildman–Crippen MR) is 133 cm³/mol. The van der Waals surface area contributed by atoms with E-state index in [0.717, 1.165) is 51.0 Å². The minimum Gasteiger partial charge on any atom is -0.376 e. The van der Waals surface area contributed by atoms with Crippen LogP contribution in [0, 0.1) is 13.8 Å². The minimum atomic E-state index is 0.0349. The second-order valence-corrected chi connectivity index (χ2v) is 11.1. The summed E-state index contributed by atoms with van der Waals surface area (Å²) >= 11 is 3.19. The van der Waals surface area contributed by atoms with Crippen molar-refractivity contribution in [2.75, 3.05) is 13.2 Å². The third kappa shape index (κ3) is 4.48. The Morgan fingerprint density at radius 3 is 2.94 bits per heavy atom. The number of aryl methyl sites for hydroxylation is 2. The first-order valence-electron chi connectivity index (χ1n) is 11.5. The highest BCUT2D eigenvalue weighted by Crippen LogP contribution is 2.34. The highest BCUT2D eigenvalue weighted by Gasteiger charge is 2.27. The quantitative estimate of drug-likeness (QED) is 0.396. The van der Waals surface area contributed by atoms with Crippen molar-refractivity contribution < 1.29 is 9.53 Å². The molecule has 1 saturated heterocycles. The number of carbonyl (C=O) groups is 1. The van der Waals surface area contributed by atoms with Crippen LogP contribution in [0.25, 0.3) is 10.2 Å². The zero-order valence-electron chi connectivity index (χ0n) is 19.3. The number of thioether (sulfide) groups is 1. The maximum absolute atomic E-state index is 13.8. The number of rotatable bonds is 5. The molecule has 2 aliphatic heterocycles. The van der Waals surface area contributed by atoms with E-state index < -0.39 is 0 Å². The SMILES string of the molecule is CC(=O)N1CCc2c(sc3nc(SCc4cc(C)ccc4C)n(CC4CCCO4)c(=O)c23)C1. The number of amides is 1. The molecular weight excluding hydrogens is 454 g/mol. The topological polar surface area (TPSA) is 64.4 Å². The lowest BCUT2D eigenvalue weighted by atomic mass is 10.1. The molecule has 0 aliphatic carbocycles. The number of carbonyl (C=O) groups excluding carboxylic acids is 1. The average Bonchev–Trinajstić information content (AvgIpc) is 3.43. The van der Waals surface area contributed by atoms with Crippen LogP contribution < -0.4 is 5.56 Å². The lowest BCUT2D eigenvalue weighted by Crippen LogP contribution is -2.34. The minimum absolute atomic E-state index is 0.0349. The van der Waals surface area contributed by atoms with Gasteiger partial charge in [-0.25, -0.2) is 4.98 Å². The third-order valence-corrected chi connectivity index (χ3v) is 8.78. The van der Waals surface area contributed by atoms with Crippen molar-refractivity contribution >= 4 is 39.2 Å². The Hall–Kier alpha value is -2.16. The first kappa shape index (κ1) is 22.6. The number of thiophene rings is 1. The molecule has 1 fully saturated rings. The largest absolute Gasteiger partial charge is 0.376 e. The molecule has 5 rings (SSSR count). The van der Waals surface area contributed by atoms with Crippen molar-refractivity contribution in [3.05, 3.63) is 55.7 Å². The van der Waals surface area contributed by atoms with Crippen LogP contribution in [0.1, 0.15) is 46.9 Å². The summed E-state index contributed by atoms with van der Waals surface area (Å²) in [6, 6.07) is 6.49. The van der Waals surface area contributed by atoms with Crippen molar-refractivity contribution in [3.8, 4) is 0 Å². The Morgan fingerprint density at radius 2 is 2.18 bits per heavy atom. The van der Waals surface area contributed by atoms with E-state index in [1.165, 1.54) is 16.7 Å². The molecule has 1 amide bonds. The highest BCUT2D eigenvalue weighted by molar-refractivity contribution is 7.98. The molecule has 0 saturated carbocycles. The summed E-state index contributed by atoms with van der Waals surface area (Å²) in [5, 5.41) is 1.50. The van der Waals surface area contributed by atoms with Crippen LogP contribution in [0.2, 0.25) is 0 Å². The second kappa shape index (κ2) is 9.24. The van der Waals surface area contributed by atoms with Gasteiger partial charge in [0.2, 0.25) is 5.91 Å². The zero-order chi connectivity index (χ0) is 23.1. The van der Waals surface area contributed by atoms with Gasteiger partial charge in [0.25, 0.3) is 5.56 Å². The Labute approximate surface area is 202 Å². The van der Waals surface area contributed by atoms with Gasteiger partial charge in [0.1, 0.15) is 4.83 Å². The zero-order valence-corrected chi connectivity index (χ0v) is 21.0. The van der Waals surface area contributed by atoms with Crippen molar-refractivity contribution in [2.24, 2.45) is 0 Å². The molecule has 8 heteroatoms. The molecule has 174 valence electrons. The Kier molecular flexibility index (Phi) is 6.33. The van der Waals surface area contributed by atoms with Crippen LogP contribution in [0.4, 0.5) is 0 Å². The van der Waals surface area contributed by atoms with E-state index in [1.807, 2.05) is 9.47 Å². The highest BCUT2D eigenvalue weighted by atomic mass is 32.2. The molecule has 0 radical (unpaired) electrons. The molecule has 1 unspecified atom stereocenters. The average molecular weight is 484 g/mol. The molecule has 2 aliphatic rings. The first-order valence-corrected chi connectivity index (χ1v) is 13.3. The lowest BCUT2D eigenvalue weighted by molar-refractivity contribution is -0.129. The van der Waals surface area contributed by atoms with Crippen LogP contribution in [-0.4, -0.2) is 39.6 Å². The van der Waals surface area contributed by atoms with Gasteiger partial charge in [-0.15, -0.1) is 11.3 Å². The second-order valence-electron chi connectivity index (χ2n) is 9.04. The number of nitrogens with zero attached hydrogens (tertiary/aromatic N) is 3. The monoisotopic (exact) mass is 483 g/mol. The summed E-state index contributed by atoms with van der Waals surface area (Å²) in [6.45, 7) is 8.36. The van der Waals surface area contributed by atoms with E-state index in [4.69, 9.17) is 9.72 Å². The Morgan fingerprint density at radius 1 is 1.33 bits per heavy atom. The van der Waals surface area contributed by atoms with E-state index in [2.05, 4.69) is 32.0 Å². The van der Waals surface area contributed by atoms with Crippen LogP contribution in [-0.2, 0) is 34.8 Å². The number of hydrogen-bond acceptors (Lipinski definition) is 6. The molecule has 2 aromatic heterocycles. The van der Waals surface area contributed by atoms with Crippen LogP contribution in [0.3, 0.4) is 0 Å². The summed E-state index contributed by atoms with van der Waals surface area (Å²) in [7, 11) is 0. The van der Waals surface area contributed by atoms with Crippen molar-refractivity contribution in [1.82, 2.24) is 14.5 Å². The van der Waals surface area contributed by atoms with Crippen LogP contribution in [0.15, 0.2) is 28.2 Å². The maximum Gasteiger partial charge on any atom is 0.263 e. The Balaban J connectivity index is 1.55. The van der Waals surface area contributed by atoms with Gasteiger partial charge in [0.15, 0.2) is 5.16 Å². The van der Waals surface area contributed by atoms with E-state index in [-0.39, 0.29) is 17.6 Å². The fraction of sp³-hybridized carbons (Fsp3) is 0.480. The number of hydrogen-bond donors (Lipinski definition) is 0. The number of benzene rings is 1. The fourth-order valence-corrected chi connectivity index (χ4v) is 7.04. The summed E-state index contributed by atoms with van der Waals surface area (Å²) in [5.74, 6) is 0.840. The number of fused-ring (bicyclic) bond motifs is 3. The van der Waals surface area contributed by atoms with Crippen molar-refractivity contribution in [3.63, 3.8) is 0 Å². The molecule has 1 aromatic carbocycles. The number of aromatic nitrogens is 2. The van der Waals surface area contributed by atoms with E-state index in [1.54, 1.807) is 30.0 Å². The summed E-state index contributed by atoms with van der Waals surface area (Å²) in [4.78, 5) is 34.4. The molecule has 4 heterocycles. The molecule has 0 spiro atoms. The Bertz CT molecular complexity index is 1270. The molecule has 0 bridgehead atoms. The predicted octanol–water partition coefficient (Wildman–Crippen LogP) is 4.45. The van der Waals surface area contributed by atoms with Gasteiger partial charge in [-0.05, 0) is 49.8 Å². The third-order valence-electron chi connectivity index (χ3n) is 6.64. The van der Waals surface area contributed by atoms with Crippen LogP contribution in [0.5, 0.6) is 0 Å². The van der Waals surface area contributed by atoms with Crippen molar-refractivity contribution in [2.45, 2.75) is 70.1 Å². The first-order chi connectivity index (χ1) is 15.9. The molecule has 33 heavy (non-hydrogen) atoms. The van der Waals surface area contributed by atoms with Crippen LogP contribution >= 0.6 is 23.1 Å². The normalized spacial score (nSPS) is 18.2. The van der Waals surface area contributed by atoms with Gasteiger partial charge in [-0.1, -0.05) is 35.5 Å². The molecular formula is C25H29N3O3S2. The maximum atomic E-state index is 13.8. The van der Waals surface area contributed by atoms with E-state index in [9.17, 15) is 9.59 Å². The van der Waals surface area contributed by atoms with E-state index in [0.29, 0.717) is 26.1 Å². The van der Waals surface area contributed by atoms with Gasteiger partial charge in [-0.3, -0.25) is 14.2 Å². The van der Waals surface area contributed by atoms with Gasteiger partial charge in [0.05, 0.1) is 24.6 Å². The smallest absolute Gasteiger partial charge is 0.263 e. The van der Waals surface area contributed by atoms with Gasteiger partial charge >= 0.3 is 0 Å². The standard InChI is InChI=1S/C25H29N3O3S2/c1-15-6-7-16(2)18(11-15)14-32-25-26-23-22(24(30)28(25)12-19-5-4-10-31-19)20-8-9-27(17(3)29)13-21(20)33-23/h6-7,11,19H,4-5,8-10,12-14H2,1-3H3. The number of ether oxygens (including phenoxy) is 1.